The summed E-state index contributed by atoms with van der Waals surface area (Å²) in [5.41, 5.74) is -0.627. The zero-order valence-corrected chi connectivity index (χ0v) is 12.8. The van der Waals surface area contributed by atoms with Crippen molar-refractivity contribution in [3.8, 4) is 0 Å². The van der Waals surface area contributed by atoms with Crippen molar-refractivity contribution >= 4 is 5.97 Å². The lowest BCUT2D eigenvalue weighted by atomic mass is 9.96. The van der Waals surface area contributed by atoms with Gasteiger partial charge in [-0.15, -0.1) is 0 Å². The maximum absolute atomic E-state index is 11.8. The number of hydrogen-bond acceptors (Lipinski definition) is 5. The van der Waals surface area contributed by atoms with E-state index in [4.69, 9.17) is 14.2 Å². The third kappa shape index (κ3) is 8.18. The zero-order valence-electron chi connectivity index (χ0n) is 12.8. The van der Waals surface area contributed by atoms with Crippen LogP contribution >= 0.6 is 0 Å². The van der Waals surface area contributed by atoms with E-state index in [2.05, 4.69) is 12.2 Å². The molecule has 0 radical (unpaired) electrons. The van der Waals surface area contributed by atoms with Crippen molar-refractivity contribution in [3.05, 3.63) is 0 Å². The van der Waals surface area contributed by atoms with Crippen molar-refractivity contribution in [2.45, 2.75) is 45.6 Å². The van der Waals surface area contributed by atoms with E-state index in [1.165, 1.54) is 0 Å². The van der Waals surface area contributed by atoms with Crippen LogP contribution in [0.1, 0.15) is 40.0 Å². The minimum atomic E-state index is -0.627. The largest absolute Gasteiger partial charge is 0.465 e. The molecule has 1 unspecified atom stereocenters. The lowest BCUT2D eigenvalue weighted by molar-refractivity contribution is -0.150. The number of hydrogen-bond donors (Lipinski definition) is 1. The van der Waals surface area contributed by atoms with Gasteiger partial charge in [0, 0.05) is 13.2 Å². The first-order chi connectivity index (χ1) is 9.10. The summed E-state index contributed by atoms with van der Waals surface area (Å²) in [6.45, 7) is 8.81. The smallest absolute Gasteiger partial charge is 0.326 e. The molecule has 0 aliphatic heterocycles. The van der Waals surface area contributed by atoms with Gasteiger partial charge in [0.15, 0.2) is 0 Å². The van der Waals surface area contributed by atoms with Gasteiger partial charge in [0.05, 0.1) is 19.8 Å². The Kier molecular flexibility index (Phi) is 10.8. The van der Waals surface area contributed by atoms with Gasteiger partial charge >= 0.3 is 5.97 Å². The van der Waals surface area contributed by atoms with E-state index in [0.29, 0.717) is 32.8 Å². The molecule has 0 aliphatic rings. The standard InChI is InChI=1S/C14H29NO4/c1-5-9-17-11-12-18-10-7-8-14(3,15-4)13(16)19-6-2/h15H,5-12H2,1-4H3. The van der Waals surface area contributed by atoms with Crippen LogP contribution in [-0.2, 0) is 19.0 Å². The molecule has 0 bridgehead atoms. The SMILES string of the molecule is CCCOCCOCCCC(C)(NC)C(=O)OCC. The minimum absolute atomic E-state index is 0.205. The topological polar surface area (TPSA) is 56.8 Å². The molecule has 0 rings (SSSR count). The maximum atomic E-state index is 11.8. The van der Waals surface area contributed by atoms with Crippen molar-refractivity contribution in [1.29, 1.82) is 0 Å². The summed E-state index contributed by atoms with van der Waals surface area (Å²) in [5.74, 6) is -0.205. The van der Waals surface area contributed by atoms with Crippen molar-refractivity contribution in [3.63, 3.8) is 0 Å². The molecule has 0 amide bonds. The Morgan fingerprint density at radius 3 is 2.26 bits per heavy atom. The number of nitrogens with one attached hydrogen (secondary N) is 1. The third-order valence-electron chi connectivity index (χ3n) is 2.96. The molecule has 5 nitrogen and oxygen atoms in total. The van der Waals surface area contributed by atoms with Crippen LogP contribution in [0, 0.1) is 0 Å². The van der Waals surface area contributed by atoms with Gasteiger partial charge in [0.25, 0.3) is 0 Å². The number of carbonyl (C=O) groups excluding carboxylic acids is 1. The zero-order chi connectivity index (χ0) is 14.6. The van der Waals surface area contributed by atoms with E-state index < -0.39 is 5.54 Å². The van der Waals surface area contributed by atoms with Crippen LogP contribution in [0.2, 0.25) is 0 Å². The lowest BCUT2D eigenvalue weighted by Crippen LogP contribution is -2.48. The molecule has 0 aromatic rings. The monoisotopic (exact) mass is 275 g/mol. The van der Waals surface area contributed by atoms with E-state index in [1.807, 2.05) is 13.8 Å². The molecule has 1 N–H and O–H groups in total. The third-order valence-corrected chi connectivity index (χ3v) is 2.96. The Balaban J connectivity index is 3.69. The van der Waals surface area contributed by atoms with Crippen LogP contribution in [0.3, 0.4) is 0 Å². The molecule has 19 heavy (non-hydrogen) atoms. The summed E-state index contributed by atoms with van der Waals surface area (Å²) in [4.78, 5) is 11.8. The van der Waals surface area contributed by atoms with Gasteiger partial charge in [0.1, 0.15) is 5.54 Å². The van der Waals surface area contributed by atoms with Gasteiger partial charge in [-0.3, -0.25) is 4.79 Å². The summed E-state index contributed by atoms with van der Waals surface area (Å²) in [6.07, 6.45) is 2.53. The molecule has 0 aromatic carbocycles. The molecular weight excluding hydrogens is 246 g/mol. The first kappa shape index (κ1) is 18.4. The van der Waals surface area contributed by atoms with Crippen molar-refractivity contribution in [1.82, 2.24) is 5.32 Å². The second kappa shape index (κ2) is 11.2. The van der Waals surface area contributed by atoms with Gasteiger partial charge in [-0.25, -0.2) is 0 Å². The van der Waals surface area contributed by atoms with E-state index in [1.54, 1.807) is 7.05 Å². The molecular formula is C14H29NO4. The van der Waals surface area contributed by atoms with E-state index in [9.17, 15) is 4.79 Å². The first-order valence-corrected chi connectivity index (χ1v) is 7.12. The molecule has 0 aromatic heterocycles. The predicted molar refractivity (Wildman–Crippen MR) is 75.3 cm³/mol. The highest BCUT2D eigenvalue weighted by molar-refractivity contribution is 5.80. The molecule has 0 fully saturated rings. The highest BCUT2D eigenvalue weighted by Gasteiger charge is 2.32. The number of carbonyl (C=O) groups is 1. The highest BCUT2D eigenvalue weighted by atomic mass is 16.5. The number of likely N-dealkylation sites (N-methyl/N-ethyl adjacent to an activating group) is 1. The Morgan fingerprint density at radius 2 is 1.74 bits per heavy atom. The molecule has 0 aliphatic carbocycles. The van der Waals surface area contributed by atoms with Crippen molar-refractivity contribution < 1.29 is 19.0 Å². The summed E-state index contributed by atoms with van der Waals surface area (Å²) in [7, 11) is 1.77. The maximum Gasteiger partial charge on any atom is 0.326 e. The number of rotatable bonds is 12. The van der Waals surface area contributed by atoms with Crippen LogP contribution < -0.4 is 5.32 Å². The van der Waals surface area contributed by atoms with Crippen LogP contribution in [0.5, 0.6) is 0 Å². The number of ether oxygens (including phenoxy) is 3. The fraction of sp³-hybridized carbons (Fsp3) is 0.929. The fourth-order valence-corrected chi connectivity index (χ4v) is 1.61. The Labute approximate surface area is 117 Å². The molecule has 0 spiro atoms. The van der Waals surface area contributed by atoms with E-state index in [-0.39, 0.29) is 5.97 Å². The summed E-state index contributed by atoms with van der Waals surface area (Å²) in [5, 5.41) is 3.03. The normalized spacial score (nSPS) is 14.1. The molecule has 5 heteroatoms. The van der Waals surface area contributed by atoms with Gasteiger partial charge in [-0.2, -0.15) is 0 Å². The summed E-state index contributed by atoms with van der Waals surface area (Å²) in [6, 6.07) is 0. The van der Waals surface area contributed by atoms with Crippen LogP contribution in [0.15, 0.2) is 0 Å². The van der Waals surface area contributed by atoms with Crippen LogP contribution in [0.25, 0.3) is 0 Å². The fourth-order valence-electron chi connectivity index (χ4n) is 1.61. The minimum Gasteiger partial charge on any atom is -0.465 e. The van der Waals surface area contributed by atoms with E-state index in [0.717, 1.165) is 19.4 Å². The Bertz CT molecular complexity index is 235. The average molecular weight is 275 g/mol. The van der Waals surface area contributed by atoms with Crippen LogP contribution in [0.4, 0.5) is 0 Å². The summed E-state index contributed by atoms with van der Waals surface area (Å²) >= 11 is 0. The van der Waals surface area contributed by atoms with Gasteiger partial charge in [0.2, 0.25) is 0 Å². The Hall–Kier alpha value is -0.650. The van der Waals surface area contributed by atoms with Crippen molar-refractivity contribution in [2.75, 3.05) is 40.1 Å². The average Bonchev–Trinajstić information content (AvgIpc) is 2.41. The summed E-state index contributed by atoms with van der Waals surface area (Å²) < 4.78 is 15.8. The molecule has 114 valence electrons. The Morgan fingerprint density at radius 1 is 1.11 bits per heavy atom. The number of esters is 1. The molecule has 0 saturated carbocycles. The van der Waals surface area contributed by atoms with Crippen molar-refractivity contribution in [2.24, 2.45) is 0 Å². The van der Waals surface area contributed by atoms with Crippen LogP contribution in [-0.4, -0.2) is 51.6 Å². The predicted octanol–water partition coefficient (Wildman–Crippen LogP) is 1.75. The van der Waals surface area contributed by atoms with Gasteiger partial charge in [-0.05, 0) is 40.2 Å². The second-order valence-electron chi connectivity index (χ2n) is 4.63. The van der Waals surface area contributed by atoms with Gasteiger partial charge < -0.3 is 19.5 Å². The molecule has 0 saturated heterocycles. The van der Waals surface area contributed by atoms with Gasteiger partial charge in [-0.1, -0.05) is 6.92 Å². The quantitative estimate of drug-likeness (QED) is 0.434. The first-order valence-electron chi connectivity index (χ1n) is 7.12. The second-order valence-corrected chi connectivity index (χ2v) is 4.63. The molecule has 0 heterocycles. The van der Waals surface area contributed by atoms with E-state index >= 15 is 0 Å². The highest BCUT2D eigenvalue weighted by Crippen LogP contribution is 2.14. The molecule has 1 atom stereocenters. The lowest BCUT2D eigenvalue weighted by Gasteiger charge is -2.26.